The van der Waals surface area contributed by atoms with E-state index in [1.807, 2.05) is 24.3 Å². The van der Waals surface area contributed by atoms with Crippen molar-refractivity contribution in [3.63, 3.8) is 0 Å². The van der Waals surface area contributed by atoms with Crippen LogP contribution in [0.5, 0.6) is 0 Å². The molecule has 248 valence electrons. The van der Waals surface area contributed by atoms with Crippen LogP contribution in [-0.2, 0) is 10.8 Å². The summed E-state index contributed by atoms with van der Waals surface area (Å²) in [4.78, 5) is 14.8. The third kappa shape index (κ3) is 5.67. The molecule has 0 radical (unpaired) electrons. The van der Waals surface area contributed by atoms with E-state index < -0.39 is 10.8 Å². The summed E-state index contributed by atoms with van der Waals surface area (Å²) in [6.07, 6.45) is 0. The van der Waals surface area contributed by atoms with Crippen LogP contribution in [0.1, 0.15) is 60.4 Å². The summed E-state index contributed by atoms with van der Waals surface area (Å²) in [5, 5.41) is 0. The van der Waals surface area contributed by atoms with Crippen LogP contribution >= 0.6 is 0 Å². The summed E-state index contributed by atoms with van der Waals surface area (Å²) in [6, 6.07) is 80.1. The van der Waals surface area contributed by atoms with E-state index in [0.29, 0.717) is 11.1 Å². The Morgan fingerprint density at radius 1 is 0.250 bits per heavy atom. The Bertz CT molecular complexity index is 2020. The van der Waals surface area contributed by atoms with Crippen molar-refractivity contribution in [2.75, 3.05) is 0 Å². The molecule has 0 saturated carbocycles. The van der Waals surface area contributed by atoms with Crippen molar-refractivity contribution in [1.82, 2.24) is 0 Å². The summed E-state index contributed by atoms with van der Waals surface area (Å²) < 4.78 is 0. The van der Waals surface area contributed by atoms with Gasteiger partial charge in [0, 0.05) is 11.1 Å². The average Bonchev–Trinajstić information content (AvgIpc) is 3.24. The molecule has 0 spiro atoms. The summed E-state index contributed by atoms with van der Waals surface area (Å²) in [7, 11) is 0. The second kappa shape index (κ2) is 14.3. The van der Waals surface area contributed by atoms with Crippen LogP contribution in [0.2, 0.25) is 0 Å². The standard InChI is InChI=1S/C51H38O/c52-49(39-21-19-35-47(37-39)50(41-23-7-1-8-24-41,42-25-9-2-10-26-42)43-27-11-3-12-28-43)40-22-20-36-48(38-40)51(44-29-13-4-14-30-44,45-31-15-5-16-32-45)46-33-17-6-18-34-46/h1-38H. The Kier molecular flexibility index (Phi) is 9.00. The molecule has 0 saturated heterocycles. The van der Waals surface area contributed by atoms with Crippen molar-refractivity contribution < 1.29 is 4.79 Å². The number of hydrogen-bond acceptors (Lipinski definition) is 1. The highest BCUT2D eigenvalue weighted by molar-refractivity contribution is 6.09. The topological polar surface area (TPSA) is 17.1 Å². The van der Waals surface area contributed by atoms with E-state index in [0.717, 1.165) is 44.5 Å². The van der Waals surface area contributed by atoms with Gasteiger partial charge in [-0.25, -0.2) is 0 Å². The van der Waals surface area contributed by atoms with Gasteiger partial charge in [0.15, 0.2) is 5.78 Å². The van der Waals surface area contributed by atoms with Gasteiger partial charge >= 0.3 is 0 Å². The first-order chi connectivity index (χ1) is 25.7. The predicted molar refractivity (Wildman–Crippen MR) is 213 cm³/mol. The summed E-state index contributed by atoms with van der Waals surface area (Å²) >= 11 is 0. The lowest BCUT2D eigenvalue weighted by molar-refractivity contribution is 0.103. The molecule has 0 aliphatic heterocycles. The first-order valence-corrected chi connectivity index (χ1v) is 17.8. The molecule has 0 heterocycles. The molecule has 8 aromatic rings. The quantitative estimate of drug-likeness (QED) is 0.105. The van der Waals surface area contributed by atoms with Crippen molar-refractivity contribution >= 4 is 5.78 Å². The van der Waals surface area contributed by atoms with Gasteiger partial charge in [0.05, 0.1) is 10.8 Å². The van der Waals surface area contributed by atoms with Gasteiger partial charge < -0.3 is 0 Å². The van der Waals surface area contributed by atoms with E-state index in [1.165, 1.54) is 0 Å². The molecule has 0 bridgehead atoms. The van der Waals surface area contributed by atoms with Crippen molar-refractivity contribution in [3.05, 3.63) is 286 Å². The van der Waals surface area contributed by atoms with Crippen LogP contribution in [0.25, 0.3) is 0 Å². The van der Waals surface area contributed by atoms with Crippen LogP contribution in [0, 0.1) is 0 Å². The summed E-state index contributed by atoms with van der Waals surface area (Å²) in [6.45, 7) is 0. The molecule has 1 heteroatoms. The molecule has 52 heavy (non-hydrogen) atoms. The Hall–Kier alpha value is -6.57. The molecule has 0 unspecified atom stereocenters. The van der Waals surface area contributed by atoms with Crippen LogP contribution < -0.4 is 0 Å². The monoisotopic (exact) mass is 666 g/mol. The molecule has 0 atom stereocenters. The Balaban J connectivity index is 1.32. The van der Waals surface area contributed by atoms with Crippen LogP contribution in [0.3, 0.4) is 0 Å². The highest BCUT2D eigenvalue weighted by atomic mass is 16.1. The highest BCUT2D eigenvalue weighted by Crippen LogP contribution is 2.47. The van der Waals surface area contributed by atoms with Gasteiger partial charge in [0.1, 0.15) is 0 Å². The van der Waals surface area contributed by atoms with Gasteiger partial charge in [-0.05, 0) is 56.6 Å². The minimum atomic E-state index is -0.648. The molecular formula is C51H38O. The first-order valence-electron chi connectivity index (χ1n) is 17.8. The Morgan fingerprint density at radius 2 is 0.462 bits per heavy atom. The smallest absolute Gasteiger partial charge is 0.193 e. The largest absolute Gasteiger partial charge is 0.289 e. The van der Waals surface area contributed by atoms with Gasteiger partial charge in [-0.1, -0.05) is 218 Å². The molecule has 0 aliphatic rings. The predicted octanol–water partition coefficient (Wildman–Crippen LogP) is 11.7. The van der Waals surface area contributed by atoms with E-state index >= 15 is 0 Å². The highest BCUT2D eigenvalue weighted by Gasteiger charge is 2.40. The van der Waals surface area contributed by atoms with E-state index in [4.69, 9.17) is 0 Å². The number of ketones is 1. The molecule has 0 N–H and O–H groups in total. The molecule has 8 rings (SSSR count). The van der Waals surface area contributed by atoms with Crippen LogP contribution in [0.4, 0.5) is 0 Å². The normalized spacial score (nSPS) is 11.5. The zero-order chi connectivity index (χ0) is 35.2. The minimum absolute atomic E-state index is 0.0186. The zero-order valence-electron chi connectivity index (χ0n) is 28.8. The summed E-state index contributed by atoms with van der Waals surface area (Å²) in [5.74, 6) is -0.0186. The minimum Gasteiger partial charge on any atom is -0.289 e. The van der Waals surface area contributed by atoms with E-state index in [2.05, 4.69) is 206 Å². The van der Waals surface area contributed by atoms with Crippen molar-refractivity contribution in [1.29, 1.82) is 0 Å². The molecule has 1 nitrogen and oxygen atoms in total. The molecular weight excluding hydrogens is 629 g/mol. The van der Waals surface area contributed by atoms with Crippen LogP contribution in [-0.4, -0.2) is 5.78 Å². The fourth-order valence-electron chi connectivity index (χ4n) is 8.08. The van der Waals surface area contributed by atoms with E-state index in [9.17, 15) is 4.79 Å². The first kappa shape index (κ1) is 32.6. The maximum Gasteiger partial charge on any atom is 0.193 e. The maximum absolute atomic E-state index is 14.8. The van der Waals surface area contributed by atoms with Gasteiger partial charge in [0.2, 0.25) is 0 Å². The third-order valence-corrected chi connectivity index (χ3v) is 10.4. The number of carbonyl (C=O) groups excluding carboxylic acids is 1. The van der Waals surface area contributed by atoms with Gasteiger partial charge in [-0.2, -0.15) is 0 Å². The SMILES string of the molecule is O=C(c1cccc(C(c2ccccc2)(c2ccccc2)c2ccccc2)c1)c1cccc(C(c2ccccc2)(c2ccccc2)c2ccccc2)c1. The molecule has 0 amide bonds. The second-order valence-corrected chi connectivity index (χ2v) is 13.2. The zero-order valence-corrected chi connectivity index (χ0v) is 28.8. The van der Waals surface area contributed by atoms with Gasteiger partial charge in [-0.3, -0.25) is 4.79 Å². The van der Waals surface area contributed by atoms with Crippen LogP contribution in [0.15, 0.2) is 231 Å². The lowest BCUT2D eigenvalue weighted by Gasteiger charge is -2.37. The van der Waals surface area contributed by atoms with Crippen molar-refractivity contribution in [2.45, 2.75) is 10.8 Å². The van der Waals surface area contributed by atoms with Crippen molar-refractivity contribution in [3.8, 4) is 0 Å². The van der Waals surface area contributed by atoms with Gasteiger partial charge in [-0.15, -0.1) is 0 Å². The molecule has 0 aliphatic carbocycles. The molecule has 0 aromatic heterocycles. The Morgan fingerprint density at radius 3 is 0.692 bits per heavy atom. The van der Waals surface area contributed by atoms with Gasteiger partial charge in [0.25, 0.3) is 0 Å². The maximum atomic E-state index is 14.8. The average molecular weight is 667 g/mol. The molecule has 8 aromatic carbocycles. The second-order valence-electron chi connectivity index (χ2n) is 13.2. The fourth-order valence-corrected chi connectivity index (χ4v) is 8.08. The third-order valence-electron chi connectivity index (χ3n) is 10.4. The lowest BCUT2D eigenvalue weighted by atomic mass is 9.64. The number of hydrogen-bond donors (Lipinski definition) is 0. The fraction of sp³-hybridized carbons (Fsp3) is 0.0392. The molecule has 0 fully saturated rings. The number of carbonyl (C=O) groups is 1. The Labute approximate surface area is 306 Å². The number of benzene rings is 8. The van der Waals surface area contributed by atoms with E-state index in [-0.39, 0.29) is 5.78 Å². The number of rotatable bonds is 10. The van der Waals surface area contributed by atoms with E-state index in [1.54, 1.807) is 0 Å². The lowest BCUT2D eigenvalue weighted by Crippen LogP contribution is -2.31. The van der Waals surface area contributed by atoms with Crippen molar-refractivity contribution in [2.24, 2.45) is 0 Å². The summed E-state index contributed by atoms with van der Waals surface area (Å²) in [5.41, 5.74) is 8.88.